The number of benzene rings is 1. The highest BCUT2D eigenvalue weighted by Gasteiger charge is 2.27. The zero-order valence-corrected chi connectivity index (χ0v) is 10.3. The van der Waals surface area contributed by atoms with Crippen LogP contribution in [0.1, 0.15) is 0 Å². The lowest BCUT2D eigenvalue weighted by atomic mass is 10.2. The highest BCUT2D eigenvalue weighted by atomic mass is 19.4. The van der Waals surface area contributed by atoms with Gasteiger partial charge in [-0.1, -0.05) is 12.1 Å². The van der Waals surface area contributed by atoms with Crippen molar-refractivity contribution in [2.75, 3.05) is 18.9 Å². The molecule has 0 atom stereocenters. The molecular weight excluding hydrogens is 275 g/mol. The van der Waals surface area contributed by atoms with Gasteiger partial charge in [0.1, 0.15) is 6.61 Å². The lowest BCUT2D eigenvalue weighted by Crippen LogP contribution is -2.19. The van der Waals surface area contributed by atoms with E-state index in [0.29, 0.717) is 17.1 Å². The summed E-state index contributed by atoms with van der Waals surface area (Å²) in [7, 11) is 0. The number of hydrogen-bond donors (Lipinski definition) is 1. The van der Waals surface area contributed by atoms with Gasteiger partial charge in [-0.05, 0) is 22.6 Å². The van der Waals surface area contributed by atoms with Gasteiger partial charge in [0.25, 0.3) is 0 Å². The molecule has 1 heterocycles. The number of nitrogen functional groups attached to an aromatic ring is 1. The largest absolute Gasteiger partial charge is 0.411 e. The van der Waals surface area contributed by atoms with Gasteiger partial charge in [0, 0.05) is 11.3 Å². The first kappa shape index (κ1) is 14.3. The van der Waals surface area contributed by atoms with Crippen LogP contribution in [0.15, 0.2) is 24.3 Å². The van der Waals surface area contributed by atoms with Crippen molar-refractivity contribution in [3.8, 4) is 11.4 Å². The summed E-state index contributed by atoms with van der Waals surface area (Å²) in [4.78, 5) is 0. The van der Waals surface area contributed by atoms with E-state index in [1.165, 1.54) is 4.68 Å². The molecule has 2 aromatic rings. The van der Waals surface area contributed by atoms with Gasteiger partial charge in [0.2, 0.25) is 0 Å². The number of alkyl halides is 3. The predicted molar refractivity (Wildman–Crippen MR) is 64.5 cm³/mol. The Labute approximate surface area is 112 Å². The summed E-state index contributed by atoms with van der Waals surface area (Å²) in [5.41, 5.74) is 6.91. The summed E-state index contributed by atoms with van der Waals surface area (Å²) in [6.07, 6.45) is -4.34. The Bertz CT molecular complexity index is 569. The van der Waals surface area contributed by atoms with Crippen LogP contribution in [0.5, 0.6) is 0 Å². The number of ether oxygens (including phenoxy) is 1. The topological polar surface area (TPSA) is 78.9 Å². The Hall–Kier alpha value is -2.16. The summed E-state index contributed by atoms with van der Waals surface area (Å²) in [5.74, 6) is 0.388. The number of hydrogen-bond acceptors (Lipinski definition) is 5. The van der Waals surface area contributed by atoms with Crippen LogP contribution in [0.2, 0.25) is 0 Å². The van der Waals surface area contributed by atoms with Crippen molar-refractivity contribution in [2.24, 2.45) is 0 Å². The van der Waals surface area contributed by atoms with E-state index in [1.54, 1.807) is 24.3 Å². The molecule has 0 aliphatic carbocycles. The van der Waals surface area contributed by atoms with Gasteiger partial charge in [-0.3, -0.25) is 0 Å². The lowest BCUT2D eigenvalue weighted by molar-refractivity contribution is -0.174. The first-order valence-corrected chi connectivity index (χ1v) is 5.73. The maximum Gasteiger partial charge on any atom is 0.411 e. The van der Waals surface area contributed by atoms with Crippen LogP contribution < -0.4 is 5.73 Å². The summed E-state index contributed by atoms with van der Waals surface area (Å²) in [5, 5.41) is 11.0. The quantitative estimate of drug-likeness (QED) is 0.666. The molecule has 0 saturated heterocycles. The first-order valence-electron chi connectivity index (χ1n) is 5.73. The van der Waals surface area contributed by atoms with Crippen LogP contribution in [-0.2, 0) is 11.3 Å². The van der Waals surface area contributed by atoms with Crippen molar-refractivity contribution >= 4 is 5.69 Å². The third kappa shape index (κ3) is 3.67. The molecule has 0 bridgehead atoms. The number of aromatic nitrogens is 4. The second-order valence-electron chi connectivity index (χ2n) is 3.98. The monoisotopic (exact) mass is 287 g/mol. The average molecular weight is 287 g/mol. The minimum Gasteiger partial charge on any atom is -0.398 e. The van der Waals surface area contributed by atoms with Crippen LogP contribution >= 0.6 is 0 Å². The highest BCUT2D eigenvalue weighted by Crippen LogP contribution is 2.22. The van der Waals surface area contributed by atoms with Crippen molar-refractivity contribution in [1.29, 1.82) is 0 Å². The van der Waals surface area contributed by atoms with Gasteiger partial charge < -0.3 is 10.5 Å². The summed E-state index contributed by atoms with van der Waals surface area (Å²) in [6.45, 7) is -1.34. The third-order valence-electron chi connectivity index (χ3n) is 2.45. The average Bonchev–Trinajstić information content (AvgIpc) is 2.82. The van der Waals surface area contributed by atoms with Gasteiger partial charge >= 0.3 is 6.18 Å². The van der Waals surface area contributed by atoms with Crippen molar-refractivity contribution in [1.82, 2.24) is 20.2 Å². The van der Waals surface area contributed by atoms with E-state index in [9.17, 15) is 13.2 Å². The third-order valence-corrected chi connectivity index (χ3v) is 2.45. The molecule has 0 fully saturated rings. The van der Waals surface area contributed by atoms with Gasteiger partial charge in [-0.25, -0.2) is 4.68 Å². The zero-order valence-electron chi connectivity index (χ0n) is 10.3. The molecule has 2 rings (SSSR count). The summed E-state index contributed by atoms with van der Waals surface area (Å²) < 4.78 is 41.7. The first-order chi connectivity index (χ1) is 9.47. The minimum absolute atomic E-state index is 0.104. The Kier molecular flexibility index (Phi) is 4.18. The van der Waals surface area contributed by atoms with Crippen LogP contribution in [0, 0.1) is 0 Å². The number of rotatable bonds is 5. The summed E-state index contributed by atoms with van der Waals surface area (Å²) >= 11 is 0. The smallest absolute Gasteiger partial charge is 0.398 e. The molecule has 2 N–H and O–H groups in total. The molecule has 0 aliphatic rings. The molecule has 1 aromatic heterocycles. The normalized spacial score (nSPS) is 11.8. The second kappa shape index (κ2) is 5.87. The SMILES string of the molecule is Nc1ccccc1-c1nnnn1CCOCC(F)(F)F. The van der Waals surface area contributed by atoms with Crippen molar-refractivity contribution in [3.63, 3.8) is 0 Å². The van der Waals surface area contributed by atoms with E-state index in [4.69, 9.17) is 5.73 Å². The van der Waals surface area contributed by atoms with Crippen molar-refractivity contribution in [2.45, 2.75) is 12.7 Å². The van der Waals surface area contributed by atoms with E-state index in [0.717, 1.165) is 0 Å². The molecule has 0 aliphatic heterocycles. The van der Waals surface area contributed by atoms with Crippen LogP contribution in [-0.4, -0.2) is 39.6 Å². The van der Waals surface area contributed by atoms with Crippen molar-refractivity contribution in [3.05, 3.63) is 24.3 Å². The van der Waals surface area contributed by atoms with Crippen LogP contribution in [0.3, 0.4) is 0 Å². The summed E-state index contributed by atoms with van der Waals surface area (Å²) in [6, 6.07) is 6.95. The number of anilines is 1. The molecule has 1 aromatic carbocycles. The van der Waals surface area contributed by atoms with E-state index in [1.807, 2.05) is 0 Å². The fraction of sp³-hybridized carbons (Fsp3) is 0.364. The molecule has 0 radical (unpaired) electrons. The molecule has 20 heavy (non-hydrogen) atoms. The van der Waals surface area contributed by atoms with Crippen LogP contribution in [0.25, 0.3) is 11.4 Å². The zero-order chi connectivity index (χ0) is 14.6. The van der Waals surface area contributed by atoms with Gasteiger partial charge in [-0.2, -0.15) is 13.2 Å². The fourth-order valence-electron chi connectivity index (χ4n) is 1.59. The molecular formula is C11H12F3N5O. The maximum absolute atomic E-state index is 11.9. The van der Waals surface area contributed by atoms with Gasteiger partial charge in [-0.15, -0.1) is 5.10 Å². The Morgan fingerprint density at radius 3 is 2.70 bits per heavy atom. The van der Waals surface area contributed by atoms with Gasteiger partial charge in [0.05, 0.1) is 13.2 Å². The van der Waals surface area contributed by atoms with Gasteiger partial charge in [0.15, 0.2) is 5.82 Å². The lowest BCUT2D eigenvalue weighted by Gasteiger charge is -2.09. The number of nitrogens with zero attached hydrogens (tertiary/aromatic N) is 4. The molecule has 6 nitrogen and oxygen atoms in total. The van der Waals surface area contributed by atoms with E-state index < -0.39 is 12.8 Å². The number of nitrogens with two attached hydrogens (primary N) is 1. The predicted octanol–water partition coefficient (Wildman–Crippen LogP) is 1.50. The highest BCUT2D eigenvalue weighted by molar-refractivity contribution is 5.70. The minimum atomic E-state index is -4.34. The Morgan fingerprint density at radius 1 is 1.25 bits per heavy atom. The second-order valence-corrected chi connectivity index (χ2v) is 3.98. The molecule has 0 saturated carbocycles. The fourth-order valence-corrected chi connectivity index (χ4v) is 1.59. The molecule has 9 heteroatoms. The Morgan fingerprint density at radius 2 is 2.00 bits per heavy atom. The number of tetrazole rings is 1. The van der Waals surface area contributed by atoms with E-state index in [2.05, 4.69) is 20.3 Å². The van der Waals surface area contributed by atoms with E-state index in [-0.39, 0.29) is 13.2 Å². The number of halogens is 3. The van der Waals surface area contributed by atoms with Crippen molar-refractivity contribution < 1.29 is 17.9 Å². The molecule has 0 unspecified atom stereocenters. The molecule has 108 valence electrons. The number of para-hydroxylation sites is 1. The maximum atomic E-state index is 11.9. The molecule has 0 amide bonds. The van der Waals surface area contributed by atoms with E-state index >= 15 is 0 Å². The molecule has 0 spiro atoms. The van der Waals surface area contributed by atoms with Crippen LogP contribution in [0.4, 0.5) is 18.9 Å². The Balaban J connectivity index is 2.01. The standard InChI is InChI=1S/C11H12F3N5O/c12-11(13,14)7-20-6-5-19-10(16-17-18-19)8-3-1-2-4-9(8)15/h1-4H,5-7,15H2.